The van der Waals surface area contributed by atoms with E-state index >= 15 is 0 Å². The number of aromatic nitrogens is 1. The quantitative estimate of drug-likeness (QED) is 0.140. The van der Waals surface area contributed by atoms with E-state index in [1.54, 1.807) is 12.1 Å². The van der Waals surface area contributed by atoms with Crippen LogP contribution in [0.2, 0.25) is 0 Å². The van der Waals surface area contributed by atoms with Gasteiger partial charge in [-0.3, -0.25) is 14.5 Å². The molecule has 46 heavy (non-hydrogen) atoms. The second-order valence-electron chi connectivity index (χ2n) is 12.5. The second kappa shape index (κ2) is 10.8. The maximum Gasteiger partial charge on any atom is 0.375 e. The van der Waals surface area contributed by atoms with Crippen LogP contribution in [-0.4, -0.2) is 29.8 Å². The van der Waals surface area contributed by atoms with Crippen molar-refractivity contribution in [2.75, 3.05) is 18.0 Å². The van der Waals surface area contributed by atoms with Gasteiger partial charge in [-0.2, -0.15) is 4.57 Å². The Morgan fingerprint density at radius 3 is 2.15 bits per heavy atom. The molecule has 0 saturated heterocycles. The number of imide groups is 1. The number of anilines is 1. The average Bonchev–Trinajstić information content (AvgIpc) is 3.62. The highest BCUT2D eigenvalue weighted by molar-refractivity contribution is 6.21. The lowest BCUT2D eigenvalue weighted by atomic mass is 9.74. The molecule has 0 N–H and O–H groups in total. The predicted molar refractivity (Wildman–Crippen MR) is 181 cm³/mol. The molecular weight excluding hydrogens is 570 g/mol. The monoisotopic (exact) mass is 604 g/mol. The third-order valence-electron chi connectivity index (χ3n) is 9.68. The molecule has 0 bridgehead atoms. The van der Waals surface area contributed by atoms with Gasteiger partial charge >= 0.3 is 5.89 Å². The van der Waals surface area contributed by atoms with E-state index in [1.807, 2.05) is 37.4 Å². The molecule has 6 aromatic rings. The molecule has 0 fully saturated rings. The molecule has 2 amide bonds. The van der Waals surface area contributed by atoms with Gasteiger partial charge in [-0.15, -0.1) is 0 Å². The molecule has 3 heterocycles. The van der Waals surface area contributed by atoms with Gasteiger partial charge in [-0.1, -0.05) is 84.9 Å². The molecule has 2 aliphatic rings. The molecule has 1 aromatic heterocycles. The Balaban J connectivity index is 1.25. The topological polar surface area (TPSA) is 57.6 Å². The van der Waals surface area contributed by atoms with Crippen molar-refractivity contribution in [1.82, 2.24) is 4.90 Å². The average molecular weight is 605 g/mol. The highest BCUT2D eigenvalue weighted by Crippen LogP contribution is 2.53. The third kappa shape index (κ3) is 4.36. The van der Waals surface area contributed by atoms with Crippen molar-refractivity contribution in [3.05, 3.63) is 149 Å². The maximum atomic E-state index is 13.2. The van der Waals surface area contributed by atoms with Crippen LogP contribution in [0.1, 0.15) is 51.1 Å². The van der Waals surface area contributed by atoms with Crippen LogP contribution >= 0.6 is 0 Å². The van der Waals surface area contributed by atoms with Crippen LogP contribution in [0.15, 0.2) is 125 Å². The zero-order valence-electron chi connectivity index (χ0n) is 25.9. The van der Waals surface area contributed by atoms with E-state index < -0.39 is 5.41 Å². The molecule has 0 spiro atoms. The molecule has 2 aliphatic heterocycles. The molecule has 1 unspecified atom stereocenters. The molecule has 1 atom stereocenters. The number of amides is 2. The first-order valence-electron chi connectivity index (χ1n) is 15.8. The number of hydrogen-bond acceptors (Lipinski definition) is 4. The summed E-state index contributed by atoms with van der Waals surface area (Å²) in [5.41, 5.74) is 7.22. The minimum atomic E-state index is -0.404. The van der Waals surface area contributed by atoms with E-state index in [0.717, 1.165) is 34.8 Å². The van der Waals surface area contributed by atoms with Gasteiger partial charge in [-0.05, 0) is 65.9 Å². The first-order valence-corrected chi connectivity index (χ1v) is 15.8. The summed E-state index contributed by atoms with van der Waals surface area (Å²) in [7, 11) is 2.04. The van der Waals surface area contributed by atoms with Gasteiger partial charge < -0.3 is 9.32 Å². The molecule has 0 radical (unpaired) electrons. The van der Waals surface area contributed by atoms with Gasteiger partial charge in [0.15, 0.2) is 0 Å². The van der Waals surface area contributed by atoms with Crippen molar-refractivity contribution < 1.29 is 18.6 Å². The summed E-state index contributed by atoms with van der Waals surface area (Å²) in [5.74, 6) is 0.331. The minimum Gasteiger partial charge on any atom is -0.398 e. The SMILES string of the molecule is C[n+]1c(/C=C2/N(CCCN3C(=O)c4ccccc4C3=O)c3ccc4ccccc4c3C2(C)Cc2ccccc2)oc2ccccc21. The summed E-state index contributed by atoms with van der Waals surface area (Å²) in [6.07, 6.45) is 3.60. The van der Waals surface area contributed by atoms with Crippen LogP contribution < -0.4 is 9.47 Å². The smallest absolute Gasteiger partial charge is 0.375 e. The van der Waals surface area contributed by atoms with Crippen LogP contribution in [-0.2, 0) is 18.9 Å². The van der Waals surface area contributed by atoms with Crippen LogP contribution in [0.3, 0.4) is 0 Å². The summed E-state index contributed by atoms with van der Waals surface area (Å²) in [6, 6.07) is 38.8. The van der Waals surface area contributed by atoms with Gasteiger partial charge in [0.05, 0.1) is 17.2 Å². The maximum absolute atomic E-state index is 13.2. The van der Waals surface area contributed by atoms with Crippen LogP contribution in [0.4, 0.5) is 5.69 Å². The molecule has 8 rings (SSSR count). The first kappa shape index (κ1) is 28.0. The molecular formula is C40H34N3O3+. The summed E-state index contributed by atoms with van der Waals surface area (Å²) in [6.45, 7) is 3.30. The van der Waals surface area contributed by atoms with Crippen molar-refractivity contribution in [1.29, 1.82) is 0 Å². The lowest BCUT2D eigenvalue weighted by Crippen LogP contribution is -2.36. The van der Waals surface area contributed by atoms with Crippen LogP contribution in [0.5, 0.6) is 0 Å². The largest absolute Gasteiger partial charge is 0.398 e. The van der Waals surface area contributed by atoms with E-state index in [-0.39, 0.29) is 11.8 Å². The molecule has 6 heteroatoms. The van der Waals surface area contributed by atoms with Crippen molar-refractivity contribution in [2.45, 2.75) is 25.2 Å². The number of para-hydroxylation sites is 2. The second-order valence-corrected chi connectivity index (χ2v) is 12.5. The minimum absolute atomic E-state index is 0.215. The number of oxazole rings is 1. The normalized spacial score (nSPS) is 18.3. The van der Waals surface area contributed by atoms with Crippen LogP contribution in [0, 0.1) is 0 Å². The van der Waals surface area contributed by atoms with Gasteiger partial charge in [0, 0.05) is 36.0 Å². The van der Waals surface area contributed by atoms with Gasteiger partial charge in [0.1, 0.15) is 7.05 Å². The highest BCUT2D eigenvalue weighted by atomic mass is 16.3. The number of nitrogens with zero attached hydrogens (tertiary/aromatic N) is 3. The Kier molecular flexibility index (Phi) is 6.60. The fourth-order valence-electron chi connectivity index (χ4n) is 7.47. The molecule has 0 saturated carbocycles. The van der Waals surface area contributed by atoms with Crippen molar-refractivity contribution >= 4 is 45.4 Å². The number of benzene rings is 5. The summed E-state index contributed by atoms with van der Waals surface area (Å²) >= 11 is 0. The third-order valence-corrected chi connectivity index (χ3v) is 9.68. The van der Waals surface area contributed by atoms with Gasteiger partial charge in [0.2, 0.25) is 5.58 Å². The summed E-state index contributed by atoms with van der Waals surface area (Å²) in [5, 5.41) is 2.42. The van der Waals surface area contributed by atoms with E-state index in [4.69, 9.17) is 4.42 Å². The van der Waals surface area contributed by atoms with Crippen molar-refractivity contribution in [3.8, 4) is 0 Å². The lowest BCUT2D eigenvalue weighted by Gasteiger charge is -2.31. The molecule has 0 aliphatic carbocycles. The Bertz CT molecular complexity index is 2160. The molecule has 6 nitrogen and oxygen atoms in total. The standard InChI is InChI=1S/C40H34N3O3/c1-40(26-27-13-4-3-5-14-27)35(25-36-41(2)32-19-10-11-20-34(32)46-36)42(33-22-21-28-15-6-7-16-29(28)37(33)40)23-12-24-43-38(44)30-17-8-9-18-31(30)39(43)45/h3-11,13-22,25H,12,23-24,26H2,1-2H3/q+1. The van der Waals surface area contributed by atoms with Crippen molar-refractivity contribution in [3.63, 3.8) is 0 Å². The number of aryl methyl sites for hydroxylation is 1. The van der Waals surface area contributed by atoms with E-state index in [2.05, 4.69) is 95.3 Å². The lowest BCUT2D eigenvalue weighted by molar-refractivity contribution is -0.652. The molecule has 226 valence electrons. The fraction of sp³-hybridized carbons (Fsp3) is 0.175. The highest BCUT2D eigenvalue weighted by Gasteiger charge is 2.46. The van der Waals surface area contributed by atoms with Crippen molar-refractivity contribution in [2.24, 2.45) is 7.05 Å². The summed E-state index contributed by atoms with van der Waals surface area (Å²) in [4.78, 5) is 30.1. The molecule has 5 aromatic carbocycles. The first-order chi connectivity index (χ1) is 22.4. The number of rotatable bonds is 7. The Labute approximate surface area is 267 Å². The van der Waals surface area contributed by atoms with E-state index in [9.17, 15) is 9.59 Å². The van der Waals surface area contributed by atoms with Gasteiger partial charge in [-0.25, -0.2) is 0 Å². The number of hydrogen-bond donors (Lipinski definition) is 0. The summed E-state index contributed by atoms with van der Waals surface area (Å²) < 4.78 is 8.55. The number of carbonyl (C=O) groups is 2. The Hall–Kier alpha value is -5.49. The zero-order chi connectivity index (χ0) is 31.4. The van der Waals surface area contributed by atoms with Crippen LogP contribution in [0.25, 0.3) is 27.9 Å². The van der Waals surface area contributed by atoms with Gasteiger partial charge in [0.25, 0.3) is 17.3 Å². The predicted octanol–water partition coefficient (Wildman–Crippen LogP) is 7.46. The number of carbonyl (C=O) groups excluding carboxylic acids is 2. The Morgan fingerprint density at radius 1 is 0.739 bits per heavy atom. The number of allylic oxidation sites excluding steroid dienone is 1. The zero-order valence-corrected chi connectivity index (χ0v) is 25.9. The Morgan fingerprint density at radius 2 is 1.39 bits per heavy atom. The number of fused-ring (bicyclic) bond motifs is 5. The fourth-order valence-corrected chi connectivity index (χ4v) is 7.47. The van der Waals surface area contributed by atoms with E-state index in [1.165, 1.54) is 26.8 Å². The van der Waals surface area contributed by atoms with E-state index in [0.29, 0.717) is 30.6 Å².